The number of nitro benzene ring substituents is 1. The molecule has 1 heterocycles. The summed E-state index contributed by atoms with van der Waals surface area (Å²) < 4.78 is 5.22. The molecule has 1 aromatic carbocycles. The number of nitro groups is 1. The second kappa shape index (κ2) is 6.53. The molecule has 7 nitrogen and oxygen atoms in total. The molecule has 1 amide bonds. The summed E-state index contributed by atoms with van der Waals surface area (Å²) in [4.78, 5) is 24.8. The van der Waals surface area contributed by atoms with Gasteiger partial charge >= 0.3 is 5.69 Å². The first kappa shape index (κ1) is 15.2. The highest BCUT2D eigenvalue weighted by Gasteiger charge is 2.26. The van der Waals surface area contributed by atoms with Crippen molar-refractivity contribution in [2.45, 2.75) is 19.9 Å². The van der Waals surface area contributed by atoms with Crippen LogP contribution in [0.3, 0.4) is 0 Å². The first-order valence-corrected chi connectivity index (χ1v) is 6.97. The molecule has 0 unspecified atom stereocenters. The fourth-order valence-corrected chi connectivity index (χ4v) is 2.38. The topological polar surface area (TPSA) is 84.7 Å². The highest BCUT2D eigenvalue weighted by Crippen LogP contribution is 2.28. The average Bonchev–Trinajstić information content (AvgIpc) is 2.47. The Labute approximate surface area is 123 Å². The fourth-order valence-electron chi connectivity index (χ4n) is 2.38. The monoisotopic (exact) mass is 293 g/mol. The minimum atomic E-state index is -0.525. The van der Waals surface area contributed by atoms with Crippen molar-refractivity contribution in [3.8, 4) is 5.75 Å². The number of amides is 1. The Balaban J connectivity index is 2.29. The summed E-state index contributed by atoms with van der Waals surface area (Å²) in [5, 5.41) is 14.3. The van der Waals surface area contributed by atoms with Crippen molar-refractivity contribution in [3.63, 3.8) is 0 Å². The highest BCUT2D eigenvalue weighted by molar-refractivity contribution is 5.95. The quantitative estimate of drug-likeness (QED) is 0.670. The molecule has 7 heteroatoms. The van der Waals surface area contributed by atoms with Gasteiger partial charge in [-0.05, 0) is 26.0 Å². The molecule has 21 heavy (non-hydrogen) atoms. The van der Waals surface area contributed by atoms with Crippen LogP contribution in [-0.2, 0) is 0 Å². The van der Waals surface area contributed by atoms with Crippen molar-refractivity contribution in [2.75, 3.05) is 26.2 Å². The second-order valence-corrected chi connectivity index (χ2v) is 4.92. The van der Waals surface area contributed by atoms with E-state index in [2.05, 4.69) is 5.32 Å². The first-order valence-electron chi connectivity index (χ1n) is 6.97. The number of rotatable bonds is 4. The van der Waals surface area contributed by atoms with Gasteiger partial charge in [0.2, 0.25) is 0 Å². The zero-order chi connectivity index (χ0) is 15.4. The molecular formula is C14H19N3O4. The molecular weight excluding hydrogens is 274 g/mol. The van der Waals surface area contributed by atoms with Gasteiger partial charge in [-0.15, -0.1) is 0 Å². The lowest BCUT2D eigenvalue weighted by Crippen LogP contribution is -2.52. The molecule has 0 aromatic heterocycles. The van der Waals surface area contributed by atoms with E-state index in [1.807, 2.05) is 6.92 Å². The Morgan fingerprint density at radius 1 is 1.57 bits per heavy atom. The molecule has 0 spiro atoms. The Morgan fingerprint density at radius 2 is 2.33 bits per heavy atom. The van der Waals surface area contributed by atoms with Gasteiger partial charge in [0.25, 0.3) is 5.91 Å². The maximum atomic E-state index is 12.5. The average molecular weight is 293 g/mol. The Hall–Kier alpha value is -2.15. The zero-order valence-corrected chi connectivity index (χ0v) is 12.2. The third kappa shape index (κ3) is 3.30. The molecule has 1 atom stereocenters. The van der Waals surface area contributed by atoms with Crippen molar-refractivity contribution in [2.24, 2.45) is 0 Å². The van der Waals surface area contributed by atoms with Gasteiger partial charge in [-0.3, -0.25) is 14.9 Å². The van der Waals surface area contributed by atoms with Gasteiger partial charge in [-0.25, -0.2) is 0 Å². The van der Waals surface area contributed by atoms with Crippen molar-refractivity contribution in [1.82, 2.24) is 10.2 Å². The summed E-state index contributed by atoms with van der Waals surface area (Å²) >= 11 is 0. The number of piperazine rings is 1. The van der Waals surface area contributed by atoms with E-state index in [0.29, 0.717) is 18.7 Å². The lowest BCUT2D eigenvalue weighted by atomic mass is 10.1. The number of benzene rings is 1. The molecule has 1 aromatic rings. The summed E-state index contributed by atoms with van der Waals surface area (Å²) in [6.07, 6.45) is 0. The number of ether oxygens (including phenoxy) is 1. The molecule has 1 saturated heterocycles. The van der Waals surface area contributed by atoms with Gasteiger partial charge in [0.1, 0.15) is 0 Å². The van der Waals surface area contributed by atoms with Crippen LogP contribution in [0.4, 0.5) is 5.69 Å². The largest absolute Gasteiger partial charge is 0.487 e. The Kier molecular flexibility index (Phi) is 4.74. The van der Waals surface area contributed by atoms with Gasteiger partial charge in [-0.1, -0.05) is 0 Å². The van der Waals surface area contributed by atoms with E-state index in [9.17, 15) is 14.9 Å². The molecule has 0 saturated carbocycles. The van der Waals surface area contributed by atoms with Crippen LogP contribution < -0.4 is 10.1 Å². The van der Waals surface area contributed by atoms with Crippen LogP contribution in [0.15, 0.2) is 18.2 Å². The third-order valence-corrected chi connectivity index (χ3v) is 3.46. The van der Waals surface area contributed by atoms with Crippen LogP contribution in [0.2, 0.25) is 0 Å². The molecule has 1 fully saturated rings. The summed E-state index contributed by atoms with van der Waals surface area (Å²) in [6, 6.07) is 4.43. The molecule has 1 aliphatic heterocycles. The van der Waals surface area contributed by atoms with E-state index in [1.165, 1.54) is 12.1 Å². The summed E-state index contributed by atoms with van der Waals surface area (Å²) in [5.41, 5.74) is 0.143. The first-order chi connectivity index (χ1) is 10.0. The fraction of sp³-hybridized carbons (Fsp3) is 0.500. The van der Waals surface area contributed by atoms with Crippen LogP contribution in [0.1, 0.15) is 24.2 Å². The number of carbonyl (C=O) groups is 1. The Bertz CT molecular complexity index is 547. The standard InChI is InChI=1S/C14H19N3O4/c1-3-21-13-5-4-11(8-12(13)17(19)20)14(18)16-7-6-15-9-10(16)2/h4-5,8,10,15H,3,6-7,9H2,1-2H3/t10-/m0/s1. The molecule has 114 valence electrons. The van der Waals surface area contributed by atoms with E-state index >= 15 is 0 Å². The molecule has 1 aliphatic rings. The zero-order valence-electron chi connectivity index (χ0n) is 12.2. The molecule has 0 aliphatic carbocycles. The third-order valence-electron chi connectivity index (χ3n) is 3.46. The van der Waals surface area contributed by atoms with Crippen LogP contribution in [0.25, 0.3) is 0 Å². The minimum absolute atomic E-state index is 0.0666. The maximum Gasteiger partial charge on any atom is 0.311 e. The highest BCUT2D eigenvalue weighted by atomic mass is 16.6. The van der Waals surface area contributed by atoms with Crippen LogP contribution >= 0.6 is 0 Å². The molecule has 0 bridgehead atoms. The number of nitrogens with one attached hydrogen (secondary N) is 1. The van der Waals surface area contributed by atoms with E-state index in [1.54, 1.807) is 17.9 Å². The Morgan fingerprint density at radius 3 is 2.95 bits per heavy atom. The van der Waals surface area contributed by atoms with Gasteiger partial charge in [-0.2, -0.15) is 0 Å². The van der Waals surface area contributed by atoms with Gasteiger partial charge in [0.15, 0.2) is 5.75 Å². The lowest BCUT2D eigenvalue weighted by Gasteiger charge is -2.34. The van der Waals surface area contributed by atoms with Gasteiger partial charge in [0.05, 0.1) is 11.5 Å². The summed E-state index contributed by atoms with van der Waals surface area (Å²) in [7, 11) is 0. The number of nitrogens with zero attached hydrogens (tertiary/aromatic N) is 2. The van der Waals surface area contributed by atoms with Gasteiger partial charge in [0, 0.05) is 37.3 Å². The molecule has 2 rings (SSSR count). The van der Waals surface area contributed by atoms with Crippen LogP contribution in [-0.4, -0.2) is 48.0 Å². The van der Waals surface area contributed by atoms with Crippen LogP contribution in [0.5, 0.6) is 5.75 Å². The SMILES string of the molecule is CCOc1ccc(C(=O)N2CCNC[C@@H]2C)cc1[N+](=O)[O-]. The maximum absolute atomic E-state index is 12.5. The molecule has 0 radical (unpaired) electrons. The summed E-state index contributed by atoms with van der Waals surface area (Å²) in [6.45, 7) is 6.10. The number of carbonyl (C=O) groups excluding carboxylic acids is 1. The number of hydrogen-bond donors (Lipinski definition) is 1. The number of hydrogen-bond acceptors (Lipinski definition) is 5. The normalized spacial score (nSPS) is 18.4. The van der Waals surface area contributed by atoms with Crippen LogP contribution in [0, 0.1) is 10.1 Å². The van der Waals surface area contributed by atoms with Crippen molar-refractivity contribution >= 4 is 11.6 Å². The molecule has 1 N–H and O–H groups in total. The van der Waals surface area contributed by atoms with E-state index in [-0.39, 0.29) is 23.4 Å². The predicted octanol–water partition coefficient (Wildman–Crippen LogP) is 1.43. The van der Waals surface area contributed by atoms with Gasteiger partial charge < -0.3 is 15.0 Å². The lowest BCUT2D eigenvalue weighted by molar-refractivity contribution is -0.385. The van der Waals surface area contributed by atoms with E-state index < -0.39 is 4.92 Å². The smallest absolute Gasteiger partial charge is 0.311 e. The minimum Gasteiger partial charge on any atom is -0.487 e. The second-order valence-electron chi connectivity index (χ2n) is 4.92. The van der Waals surface area contributed by atoms with Crippen molar-refractivity contribution in [1.29, 1.82) is 0 Å². The van der Waals surface area contributed by atoms with Crippen molar-refractivity contribution in [3.05, 3.63) is 33.9 Å². The predicted molar refractivity (Wildman–Crippen MR) is 77.6 cm³/mol. The van der Waals surface area contributed by atoms with Crippen molar-refractivity contribution < 1.29 is 14.5 Å². The van der Waals surface area contributed by atoms with E-state index in [0.717, 1.165) is 13.1 Å². The summed E-state index contributed by atoms with van der Waals surface area (Å²) in [5.74, 6) is 0.00237. The van der Waals surface area contributed by atoms with E-state index in [4.69, 9.17) is 4.74 Å².